The first-order chi connectivity index (χ1) is 12.2. The van der Waals surface area contributed by atoms with Crippen LogP contribution in [0.2, 0.25) is 5.28 Å². The number of nitrogens with zero attached hydrogens (tertiary/aromatic N) is 5. The van der Waals surface area contributed by atoms with Gasteiger partial charge in [0.05, 0.1) is 5.39 Å². The van der Waals surface area contributed by atoms with Crippen molar-refractivity contribution in [2.75, 3.05) is 5.32 Å². The van der Waals surface area contributed by atoms with E-state index >= 15 is 0 Å². The number of aryl methyl sites for hydroxylation is 1. The number of anilines is 1. The fourth-order valence-electron chi connectivity index (χ4n) is 2.74. The van der Waals surface area contributed by atoms with Crippen LogP contribution in [-0.4, -0.2) is 24.7 Å². The minimum atomic E-state index is 0.187. The molecule has 0 aliphatic rings. The average Bonchev–Trinajstić information content (AvgIpc) is 2.98. The first-order valence-electron chi connectivity index (χ1n) is 7.81. The van der Waals surface area contributed by atoms with Crippen molar-refractivity contribution in [1.29, 1.82) is 0 Å². The third-order valence-corrected chi connectivity index (χ3v) is 4.08. The second-order valence-electron chi connectivity index (χ2n) is 5.59. The second kappa shape index (κ2) is 6.49. The summed E-state index contributed by atoms with van der Waals surface area (Å²) >= 11 is 6.12. The molecule has 0 saturated carbocycles. The molecule has 124 valence electrons. The molecule has 0 fully saturated rings. The Labute approximate surface area is 149 Å². The number of aromatic nitrogens is 5. The molecule has 0 radical (unpaired) electrons. The Bertz CT molecular complexity index is 1010. The van der Waals surface area contributed by atoms with Gasteiger partial charge in [-0.2, -0.15) is 15.1 Å². The Morgan fingerprint density at radius 2 is 1.80 bits per heavy atom. The number of hydrogen-bond acceptors (Lipinski definition) is 5. The van der Waals surface area contributed by atoms with Crippen molar-refractivity contribution in [3.63, 3.8) is 0 Å². The Kier molecular flexibility index (Phi) is 4.03. The summed E-state index contributed by atoms with van der Waals surface area (Å²) in [5.74, 6) is 0.666. The smallest absolute Gasteiger partial charge is 0.226 e. The Hall–Kier alpha value is -2.99. The molecule has 0 atom stereocenters. The molecule has 1 N–H and O–H groups in total. The molecule has 0 bridgehead atoms. The number of halogens is 1. The summed E-state index contributed by atoms with van der Waals surface area (Å²) in [5, 5.41) is 9.00. The molecule has 3 heterocycles. The van der Waals surface area contributed by atoms with Crippen LogP contribution in [0.4, 0.5) is 5.82 Å². The van der Waals surface area contributed by atoms with Gasteiger partial charge in [-0.05, 0) is 29.3 Å². The number of benzene rings is 1. The van der Waals surface area contributed by atoms with E-state index in [2.05, 4.69) is 37.5 Å². The number of pyridine rings is 1. The number of rotatable bonds is 4. The van der Waals surface area contributed by atoms with Crippen LogP contribution in [0.3, 0.4) is 0 Å². The van der Waals surface area contributed by atoms with Gasteiger partial charge in [0.1, 0.15) is 11.5 Å². The minimum absolute atomic E-state index is 0.187. The zero-order valence-corrected chi connectivity index (χ0v) is 14.3. The molecule has 0 aliphatic heterocycles. The van der Waals surface area contributed by atoms with Gasteiger partial charge >= 0.3 is 0 Å². The van der Waals surface area contributed by atoms with Crippen LogP contribution in [0.15, 0.2) is 54.9 Å². The normalized spacial score (nSPS) is 11.0. The molecule has 7 heteroatoms. The molecule has 0 saturated heterocycles. The molecule has 0 aliphatic carbocycles. The maximum Gasteiger partial charge on any atom is 0.226 e. The third-order valence-electron chi connectivity index (χ3n) is 3.91. The van der Waals surface area contributed by atoms with Gasteiger partial charge < -0.3 is 5.32 Å². The Morgan fingerprint density at radius 3 is 2.56 bits per heavy atom. The monoisotopic (exact) mass is 350 g/mol. The summed E-state index contributed by atoms with van der Waals surface area (Å²) in [6.45, 7) is 0.633. The van der Waals surface area contributed by atoms with Gasteiger partial charge in [0.25, 0.3) is 0 Å². The summed E-state index contributed by atoms with van der Waals surface area (Å²) < 4.78 is 1.71. The first kappa shape index (κ1) is 15.5. The highest BCUT2D eigenvalue weighted by Crippen LogP contribution is 2.32. The molecule has 3 aromatic heterocycles. The van der Waals surface area contributed by atoms with Crippen LogP contribution in [-0.2, 0) is 13.6 Å². The predicted octanol–water partition coefficient (Wildman–Crippen LogP) is 3.69. The summed E-state index contributed by atoms with van der Waals surface area (Å²) in [5.41, 5.74) is 3.59. The van der Waals surface area contributed by atoms with Crippen molar-refractivity contribution < 1.29 is 0 Å². The van der Waals surface area contributed by atoms with Gasteiger partial charge in [-0.1, -0.05) is 30.3 Å². The molecule has 0 amide bonds. The van der Waals surface area contributed by atoms with E-state index in [1.807, 2.05) is 37.4 Å². The van der Waals surface area contributed by atoms with E-state index in [1.165, 1.54) is 0 Å². The lowest BCUT2D eigenvalue weighted by Gasteiger charge is -2.08. The summed E-state index contributed by atoms with van der Waals surface area (Å²) in [7, 11) is 1.84. The molecule has 1 aromatic carbocycles. The van der Waals surface area contributed by atoms with Crippen LogP contribution in [0.25, 0.3) is 22.3 Å². The summed E-state index contributed by atoms with van der Waals surface area (Å²) in [6, 6.07) is 13.9. The maximum atomic E-state index is 6.12. The zero-order chi connectivity index (χ0) is 17.2. The van der Waals surface area contributed by atoms with E-state index in [0.717, 1.165) is 22.2 Å². The van der Waals surface area contributed by atoms with E-state index in [-0.39, 0.29) is 5.28 Å². The zero-order valence-electron chi connectivity index (χ0n) is 13.5. The van der Waals surface area contributed by atoms with Crippen molar-refractivity contribution in [2.45, 2.75) is 6.54 Å². The highest BCUT2D eigenvalue weighted by atomic mass is 35.5. The maximum absolute atomic E-state index is 6.12. The van der Waals surface area contributed by atoms with Crippen LogP contribution in [0, 0.1) is 0 Å². The van der Waals surface area contributed by atoms with E-state index in [0.29, 0.717) is 18.0 Å². The fourth-order valence-corrected chi connectivity index (χ4v) is 2.91. The topological polar surface area (TPSA) is 68.5 Å². The fraction of sp³-hybridized carbons (Fsp3) is 0.111. The Balaban J connectivity index is 1.82. The van der Waals surface area contributed by atoms with Crippen molar-refractivity contribution in [3.8, 4) is 11.3 Å². The molecule has 4 rings (SSSR count). The molecule has 0 spiro atoms. The minimum Gasteiger partial charge on any atom is -0.365 e. The molecular formula is C18H15ClN6. The largest absolute Gasteiger partial charge is 0.365 e. The van der Waals surface area contributed by atoms with E-state index in [9.17, 15) is 0 Å². The molecule has 25 heavy (non-hydrogen) atoms. The lowest BCUT2D eigenvalue weighted by molar-refractivity contribution is 0.788. The molecular weight excluding hydrogens is 336 g/mol. The molecule has 0 unspecified atom stereocenters. The summed E-state index contributed by atoms with van der Waals surface area (Å²) in [6.07, 6.45) is 3.48. The van der Waals surface area contributed by atoms with Crippen LogP contribution >= 0.6 is 11.6 Å². The van der Waals surface area contributed by atoms with E-state index < -0.39 is 0 Å². The third kappa shape index (κ3) is 3.04. The number of nitrogens with one attached hydrogen (secondary N) is 1. The van der Waals surface area contributed by atoms with Gasteiger partial charge in [0.15, 0.2) is 5.65 Å². The van der Waals surface area contributed by atoms with Gasteiger partial charge in [-0.15, -0.1) is 0 Å². The molecule has 6 nitrogen and oxygen atoms in total. The van der Waals surface area contributed by atoms with Crippen molar-refractivity contribution in [2.24, 2.45) is 7.05 Å². The predicted molar refractivity (Wildman–Crippen MR) is 98.3 cm³/mol. The van der Waals surface area contributed by atoms with E-state index in [1.54, 1.807) is 17.1 Å². The van der Waals surface area contributed by atoms with Gasteiger partial charge in [0.2, 0.25) is 5.28 Å². The standard InChI is InChI=1S/C18H15ClN6/c1-25-17-14(15(24-25)13-7-9-20-10-8-13)16(22-18(19)23-17)21-11-12-5-3-2-4-6-12/h2-10H,11H2,1H3,(H,21,22,23). The summed E-state index contributed by atoms with van der Waals surface area (Å²) in [4.78, 5) is 12.8. The van der Waals surface area contributed by atoms with Crippen LogP contribution in [0.1, 0.15) is 5.56 Å². The van der Waals surface area contributed by atoms with E-state index in [4.69, 9.17) is 11.6 Å². The lowest BCUT2D eigenvalue weighted by Crippen LogP contribution is -2.03. The van der Waals surface area contributed by atoms with Crippen molar-refractivity contribution >= 4 is 28.5 Å². The van der Waals surface area contributed by atoms with Crippen LogP contribution in [0.5, 0.6) is 0 Å². The van der Waals surface area contributed by atoms with Gasteiger partial charge in [-0.25, -0.2) is 4.68 Å². The van der Waals surface area contributed by atoms with Crippen molar-refractivity contribution in [1.82, 2.24) is 24.7 Å². The second-order valence-corrected chi connectivity index (χ2v) is 5.93. The van der Waals surface area contributed by atoms with Gasteiger partial charge in [-0.3, -0.25) is 4.98 Å². The highest BCUT2D eigenvalue weighted by molar-refractivity contribution is 6.29. The highest BCUT2D eigenvalue weighted by Gasteiger charge is 2.18. The first-order valence-corrected chi connectivity index (χ1v) is 8.18. The lowest BCUT2D eigenvalue weighted by atomic mass is 10.1. The molecule has 4 aromatic rings. The average molecular weight is 351 g/mol. The van der Waals surface area contributed by atoms with Crippen LogP contribution < -0.4 is 5.32 Å². The Morgan fingerprint density at radius 1 is 1.04 bits per heavy atom. The quantitative estimate of drug-likeness (QED) is 0.568. The number of hydrogen-bond donors (Lipinski definition) is 1. The van der Waals surface area contributed by atoms with Gasteiger partial charge in [0, 0.05) is 31.5 Å². The SMILES string of the molecule is Cn1nc(-c2ccncc2)c2c(NCc3ccccc3)nc(Cl)nc21. The van der Waals surface area contributed by atoms with Crippen molar-refractivity contribution in [3.05, 3.63) is 65.7 Å². The number of fused-ring (bicyclic) bond motifs is 1.